The summed E-state index contributed by atoms with van der Waals surface area (Å²) in [6.07, 6.45) is 1.68. The topological polar surface area (TPSA) is 87.7 Å². The number of ether oxygens (including phenoxy) is 1. The van der Waals surface area contributed by atoms with Crippen LogP contribution in [0.3, 0.4) is 0 Å². The number of carbonyl (C=O) groups excluding carboxylic acids is 3. The molecule has 3 amide bonds. The van der Waals surface area contributed by atoms with Gasteiger partial charge in [0.1, 0.15) is 0 Å². The van der Waals surface area contributed by atoms with Crippen LogP contribution in [-0.4, -0.2) is 47.5 Å². The minimum absolute atomic E-state index is 0.0615. The maximum Gasteiger partial charge on any atom is 0.338 e. The van der Waals surface area contributed by atoms with E-state index in [1.807, 2.05) is 41.5 Å². The predicted molar refractivity (Wildman–Crippen MR) is 114 cm³/mol. The molecular formula is C22H35N3O4. The fraction of sp³-hybridized carbons (Fsp3) is 0.591. The van der Waals surface area contributed by atoms with E-state index < -0.39 is 5.97 Å². The highest BCUT2D eigenvalue weighted by Crippen LogP contribution is 2.13. The van der Waals surface area contributed by atoms with E-state index >= 15 is 0 Å². The summed E-state index contributed by atoms with van der Waals surface area (Å²) in [4.78, 5) is 38.2. The second kappa shape index (κ2) is 12.1. The Morgan fingerprint density at radius 2 is 1.52 bits per heavy atom. The lowest BCUT2D eigenvalue weighted by Crippen LogP contribution is -2.46. The van der Waals surface area contributed by atoms with Crippen LogP contribution in [0.25, 0.3) is 0 Å². The number of benzene rings is 1. The van der Waals surface area contributed by atoms with Gasteiger partial charge in [-0.15, -0.1) is 0 Å². The van der Waals surface area contributed by atoms with Crippen LogP contribution in [-0.2, 0) is 16.1 Å². The third-order valence-electron chi connectivity index (χ3n) is 4.81. The average molecular weight is 406 g/mol. The van der Waals surface area contributed by atoms with Crippen LogP contribution >= 0.6 is 0 Å². The SMILES string of the molecule is CC[C@@H](C)N(C(=O)COC(=O)c1ccc(CNC(=O)NC(C)C)cc1)[C@@H](C)CC. The molecule has 0 fully saturated rings. The fourth-order valence-electron chi connectivity index (χ4n) is 2.86. The van der Waals surface area contributed by atoms with E-state index in [4.69, 9.17) is 4.74 Å². The highest BCUT2D eigenvalue weighted by Gasteiger charge is 2.24. The molecule has 2 N–H and O–H groups in total. The predicted octanol–water partition coefficient (Wildman–Crippen LogP) is 3.48. The second-order valence-electron chi connectivity index (χ2n) is 7.57. The van der Waals surface area contributed by atoms with Gasteiger partial charge >= 0.3 is 12.0 Å². The Hall–Kier alpha value is -2.57. The van der Waals surface area contributed by atoms with Crippen molar-refractivity contribution in [2.45, 2.75) is 79.1 Å². The molecule has 7 heteroatoms. The summed E-state index contributed by atoms with van der Waals surface area (Å²) < 4.78 is 5.23. The molecule has 0 unspecified atom stereocenters. The van der Waals surface area contributed by atoms with Gasteiger partial charge in [-0.1, -0.05) is 26.0 Å². The number of amides is 3. The molecule has 29 heavy (non-hydrogen) atoms. The molecule has 0 aliphatic carbocycles. The molecule has 1 rings (SSSR count). The van der Waals surface area contributed by atoms with Gasteiger partial charge in [0.25, 0.3) is 5.91 Å². The number of esters is 1. The van der Waals surface area contributed by atoms with Crippen molar-refractivity contribution < 1.29 is 19.1 Å². The minimum Gasteiger partial charge on any atom is -0.452 e. The summed E-state index contributed by atoms with van der Waals surface area (Å²) in [5.74, 6) is -0.720. The van der Waals surface area contributed by atoms with Gasteiger partial charge in [-0.05, 0) is 58.2 Å². The largest absolute Gasteiger partial charge is 0.452 e. The number of urea groups is 1. The normalized spacial score (nSPS) is 12.8. The summed E-state index contributed by atoms with van der Waals surface area (Å²) in [6, 6.07) is 6.76. The van der Waals surface area contributed by atoms with E-state index in [0.29, 0.717) is 12.1 Å². The van der Waals surface area contributed by atoms with Crippen molar-refractivity contribution in [3.05, 3.63) is 35.4 Å². The maximum absolute atomic E-state index is 12.6. The van der Waals surface area contributed by atoms with Gasteiger partial charge in [-0.25, -0.2) is 9.59 Å². The Kier molecular flexibility index (Phi) is 10.2. The van der Waals surface area contributed by atoms with Gasteiger partial charge in [-0.3, -0.25) is 4.79 Å². The maximum atomic E-state index is 12.6. The number of nitrogens with zero attached hydrogens (tertiary/aromatic N) is 1. The van der Waals surface area contributed by atoms with Gasteiger partial charge in [0.15, 0.2) is 6.61 Å². The lowest BCUT2D eigenvalue weighted by atomic mass is 10.1. The second-order valence-corrected chi connectivity index (χ2v) is 7.57. The van der Waals surface area contributed by atoms with Gasteiger partial charge in [0.05, 0.1) is 5.56 Å². The number of hydrogen-bond donors (Lipinski definition) is 2. The first-order chi connectivity index (χ1) is 13.7. The lowest BCUT2D eigenvalue weighted by molar-refractivity contribution is -0.139. The minimum atomic E-state index is -0.538. The molecule has 162 valence electrons. The number of carbonyl (C=O) groups is 3. The van der Waals surface area contributed by atoms with Gasteiger partial charge in [-0.2, -0.15) is 0 Å². The van der Waals surface area contributed by atoms with Crippen LogP contribution in [0.2, 0.25) is 0 Å². The van der Waals surface area contributed by atoms with Crippen molar-refractivity contribution in [3.8, 4) is 0 Å². The van der Waals surface area contributed by atoms with E-state index in [2.05, 4.69) is 10.6 Å². The standard InChI is InChI=1S/C22H35N3O4/c1-7-16(5)25(17(6)8-2)20(26)14-29-21(27)19-11-9-18(10-12-19)13-23-22(28)24-15(3)4/h9-12,15-17H,7-8,13-14H2,1-6H3,(H2,23,24,28)/t16-,17+. The Morgan fingerprint density at radius 1 is 0.966 bits per heavy atom. The van der Waals surface area contributed by atoms with Crippen molar-refractivity contribution in [3.63, 3.8) is 0 Å². The van der Waals surface area contributed by atoms with Crippen LogP contribution < -0.4 is 10.6 Å². The summed E-state index contributed by atoms with van der Waals surface area (Å²) in [7, 11) is 0. The first kappa shape index (κ1) is 24.5. The van der Waals surface area contributed by atoms with Gasteiger partial charge < -0.3 is 20.3 Å². The van der Waals surface area contributed by atoms with Crippen molar-refractivity contribution in [2.24, 2.45) is 0 Å². The van der Waals surface area contributed by atoms with Crippen molar-refractivity contribution in [2.75, 3.05) is 6.61 Å². The van der Waals surface area contributed by atoms with E-state index in [0.717, 1.165) is 18.4 Å². The van der Waals surface area contributed by atoms with Crippen LogP contribution in [0, 0.1) is 0 Å². The molecule has 7 nitrogen and oxygen atoms in total. The van der Waals surface area contributed by atoms with Gasteiger partial charge in [0, 0.05) is 24.7 Å². The zero-order chi connectivity index (χ0) is 22.0. The van der Waals surface area contributed by atoms with Crippen molar-refractivity contribution in [1.29, 1.82) is 0 Å². The molecule has 1 aromatic rings. The third kappa shape index (κ3) is 8.13. The summed E-state index contributed by atoms with van der Waals surface area (Å²) in [6.45, 7) is 11.9. The van der Waals surface area contributed by atoms with E-state index in [-0.39, 0.29) is 36.7 Å². The quantitative estimate of drug-likeness (QED) is 0.584. The van der Waals surface area contributed by atoms with Crippen LogP contribution in [0.15, 0.2) is 24.3 Å². The Bertz CT molecular complexity index is 663. The third-order valence-corrected chi connectivity index (χ3v) is 4.81. The number of rotatable bonds is 10. The van der Waals surface area contributed by atoms with Crippen LogP contribution in [0.1, 0.15) is 70.3 Å². The zero-order valence-corrected chi connectivity index (χ0v) is 18.5. The summed E-state index contributed by atoms with van der Waals surface area (Å²) >= 11 is 0. The zero-order valence-electron chi connectivity index (χ0n) is 18.5. The smallest absolute Gasteiger partial charge is 0.338 e. The highest BCUT2D eigenvalue weighted by atomic mass is 16.5. The van der Waals surface area contributed by atoms with Crippen LogP contribution in [0.4, 0.5) is 4.79 Å². The first-order valence-electron chi connectivity index (χ1n) is 10.3. The molecule has 0 spiro atoms. The van der Waals surface area contributed by atoms with E-state index in [1.54, 1.807) is 29.2 Å². The van der Waals surface area contributed by atoms with Crippen molar-refractivity contribution >= 4 is 17.9 Å². The molecule has 0 saturated heterocycles. The molecular weight excluding hydrogens is 370 g/mol. The molecule has 0 aliphatic heterocycles. The monoisotopic (exact) mass is 405 g/mol. The fourth-order valence-corrected chi connectivity index (χ4v) is 2.86. The van der Waals surface area contributed by atoms with Gasteiger partial charge in [0.2, 0.25) is 0 Å². The number of hydrogen-bond acceptors (Lipinski definition) is 4. The molecule has 0 aliphatic rings. The average Bonchev–Trinajstić information content (AvgIpc) is 2.70. The lowest BCUT2D eigenvalue weighted by Gasteiger charge is -2.33. The molecule has 2 atom stereocenters. The Balaban J connectivity index is 2.59. The van der Waals surface area contributed by atoms with E-state index in [9.17, 15) is 14.4 Å². The first-order valence-corrected chi connectivity index (χ1v) is 10.3. The van der Waals surface area contributed by atoms with E-state index in [1.165, 1.54) is 0 Å². The summed E-state index contributed by atoms with van der Waals surface area (Å²) in [5, 5.41) is 5.49. The molecule has 0 heterocycles. The van der Waals surface area contributed by atoms with Crippen LogP contribution in [0.5, 0.6) is 0 Å². The summed E-state index contributed by atoms with van der Waals surface area (Å²) in [5.41, 5.74) is 1.23. The molecule has 0 radical (unpaired) electrons. The Morgan fingerprint density at radius 3 is 2.00 bits per heavy atom. The van der Waals surface area contributed by atoms with Crippen molar-refractivity contribution in [1.82, 2.24) is 15.5 Å². The molecule has 0 bridgehead atoms. The molecule has 0 aromatic heterocycles. The number of nitrogens with one attached hydrogen (secondary N) is 2. The molecule has 1 aromatic carbocycles. The Labute approximate surface area is 174 Å². The highest BCUT2D eigenvalue weighted by molar-refractivity contribution is 5.91. The molecule has 0 saturated carbocycles.